The van der Waals surface area contributed by atoms with E-state index in [-0.39, 0.29) is 34.3 Å². The quantitative estimate of drug-likeness (QED) is 0.340. The second-order valence-corrected chi connectivity index (χ2v) is 9.84. The summed E-state index contributed by atoms with van der Waals surface area (Å²) in [7, 11) is 0. The molecule has 0 bridgehead atoms. The molecule has 0 saturated heterocycles. The Morgan fingerprint density at radius 2 is 1.74 bits per heavy atom. The van der Waals surface area contributed by atoms with Gasteiger partial charge in [-0.1, -0.05) is 95.1 Å². The third kappa shape index (κ3) is 6.08. The van der Waals surface area contributed by atoms with E-state index in [0.717, 1.165) is 22.9 Å². The lowest BCUT2D eigenvalue weighted by molar-refractivity contribution is -0.119. The van der Waals surface area contributed by atoms with E-state index in [4.69, 9.17) is 34.8 Å². The molecule has 9 heteroatoms. The highest BCUT2D eigenvalue weighted by Gasteiger charge is 2.34. The van der Waals surface area contributed by atoms with Crippen LogP contribution in [0.5, 0.6) is 0 Å². The predicted octanol–water partition coefficient (Wildman–Crippen LogP) is 7.00. The Bertz CT molecular complexity index is 1310. The normalized spacial score (nSPS) is 15.3. The van der Waals surface area contributed by atoms with Gasteiger partial charge in [-0.25, -0.2) is 4.99 Å². The highest BCUT2D eigenvalue weighted by atomic mass is 35.5. The van der Waals surface area contributed by atoms with Crippen LogP contribution in [0.25, 0.3) is 6.08 Å². The van der Waals surface area contributed by atoms with Crippen molar-refractivity contribution in [1.29, 1.82) is 0 Å². The van der Waals surface area contributed by atoms with Gasteiger partial charge in [0.05, 0.1) is 27.5 Å². The summed E-state index contributed by atoms with van der Waals surface area (Å²) in [5.41, 5.74) is 2.37. The van der Waals surface area contributed by atoms with E-state index >= 15 is 0 Å². The zero-order valence-corrected chi connectivity index (χ0v) is 21.6. The van der Waals surface area contributed by atoms with Gasteiger partial charge in [0, 0.05) is 5.02 Å². The van der Waals surface area contributed by atoms with Crippen molar-refractivity contribution < 1.29 is 9.59 Å². The van der Waals surface area contributed by atoms with Crippen molar-refractivity contribution >= 4 is 75.3 Å². The molecule has 1 heterocycles. The summed E-state index contributed by atoms with van der Waals surface area (Å²) in [5, 5.41) is 4.43. The van der Waals surface area contributed by atoms with E-state index in [1.54, 1.807) is 48.5 Å². The molecule has 0 fully saturated rings. The Morgan fingerprint density at radius 3 is 2.46 bits per heavy atom. The summed E-state index contributed by atoms with van der Waals surface area (Å²) in [4.78, 5) is 31.9. The minimum absolute atomic E-state index is 0.0617. The minimum atomic E-state index is -0.371. The number of carbonyl (C=O) groups excluding carboxylic acids is 2. The Labute approximate surface area is 222 Å². The lowest BCUT2D eigenvalue weighted by Gasteiger charge is -2.20. The second kappa shape index (κ2) is 11.3. The van der Waals surface area contributed by atoms with E-state index in [1.807, 2.05) is 37.3 Å². The molecule has 3 aromatic carbocycles. The van der Waals surface area contributed by atoms with Crippen LogP contribution in [0.2, 0.25) is 15.1 Å². The van der Waals surface area contributed by atoms with Gasteiger partial charge < -0.3 is 5.32 Å². The molecular formula is C26H20Cl3N3O2S. The largest absolute Gasteiger partial charge is 0.349 e. The maximum Gasteiger partial charge on any atom is 0.283 e. The number of aliphatic imine (C=N–C) groups is 1. The van der Waals surface area contributed by atoms with E-state index in [9.17, 15) is 9.59 Å². The van der Waals surface area contributed by atoms with Crippen molar-refractivity contribution in [2.75, 3.05) is 10.7 Å². The van der Waals surface area contributed by atoms with E-state index in [1.165, 1.54) is 4.90 Å². The molecule has 1 aliphatic heterocycles. The number of benzene rings is 3. The van der Waals surface area contributed by atoms with Crippen molar-refractivity contribution in [3.63, 3.8) is 0 Å². The van der Waals surface area contributed by atoms with Crippen LogP contribution in [-0.4, -0.2) is 22.7 Å². The van der Waals surface area contributed by atoms with Gasteiger partial charge in [0.1, 0.15) is 5.70 Å². The molecule has 35 heavy (non-hydrogen) atoms. The van der Waals surface area contributed by atoms with Gasteiger partial charge in [-0.3, -0.25) is 14.5 Å². The van der Waals surface area contributed by atoms with Crippen LogP contribution < -0.4 is 10.2 Å². The Balaban J connectivity index is 1.57. The van der Waals surface area contributed by atoms with Crippen molar-refractivity contribution in [1.82, 2.24) is 5.32 Å². The van der Waals surface area contributed by atoms with E-state index in [2.05, 4.69) is 10.3 Å². The number of carbonyl (C=O) groups is 2. The van der Waals surface area contributed by atoms with Crippen LogP contribution >= 0.6 is 46.6 Å². The maximum absolute atomic E-state index is 13.4. The standard InChI is InChI=1S/C26H20Cl3N3O2S/c1-16(18-6-3-2-4-7-18)30-23(33)15-35-26-31-21(14-17-10-12-19(27)13-11-17)25(34)32(26)22-9-5-8-20(28)24(22)29/h2-14,16H,15H2,1H3,(H,30,33). The number of amides is 2. The fraction of sp³-hybridized carbons (Fsp3) is 0.115. The lowest BCUT2D eigenvalue weighted by Crippen LogP contribution is -2.33. The summed E-state index contributed by atoms with van der Waals surface area (Å²) in [6, 6.07) is 21.6. The molecule has 5 nitrogen and oxygen atoms in total. The monoisotopic (exact) mass is 543 g/mol. The fourth-order valence-electron chi connectivity index (χ4n) is 3.43. The maximum atomic E-state index is 13.4. The molecule has 1 N–H and O–H groups in total. The van der Waals surface area contributed by atoms with Gasteiger partial charge in [0.15, 0.2) is 5.17 Å². The zero-order chi connectivity index (χ0) is 24.9. The molecule has 178 valence electrons. The second-order valence-electron chi connectivity index (χ2n) is 7.68. The highest BCUT2D eigenvalue weighted by molar-refractivity contribution is 8.14. The average molecular weight is 545 g/mol. The lowest BCUT2D eigenvalue weighted by atomic mass is 10.1. The summed E-state index contributed by atoms with van der Waals surface area (Å²) < 4.78 is 0. The number of hydrogen-bond acceptors (Lipinski definition) is 4. The van der Waals surface area contributed by atoms with Crippen LogP contribution in [-0.2, 0) is 9.59 Å². The zero-order valence-electron chi connectivity index (χ0n) is 18.5. The summed E-state index contributed by atoms with van der Waals surface area (Å²) in [6.45, 7) is 1.92. The molecule has 1 atom stereocenters. The molecule has 2 amide bonds. The number of thioether (sulfide) groups is 1. The van der Waals surface area contributed by atoms with Crippen molar-refractivity contribution in [2.24, 2.45) is 4.99 Å². The number of rotatable bonds is 6. The molecule has 1 aliphatic rings. The SMILES string of the molecule is CC(NC(=O)CSC1=NC(=Cc2ccc(Cl)cc2)C(=O)N1c1cccc(Cl)c1Cl)c1ccccc1. The average Bonchev–Trinajstić information content (AvgIpc) is 3.16. The van der Waals surface area contributed by atoms with Crippen molar-refractivity contribution in [2.45, 2.75) is 13.0 Å². The molecule has 0 saturated carbocycles. The van der Waals surface area contributed by atoms with Crippen LogP contribution in [0.15, 0.2) is 83.5 Å². The van der Waals surface area contributed by atoms with Gasteiger partial charge in [-0.2, -0.15) is 0 Å². The molecule has 3 aromatic rings. The third-order valence-corrected chi connectivity index (χ3v) is 7.18. The number of anilines is 1. The molecule has 4 rings (SSSR count). The summed E-state index contributed by atoms with van der Waals surface area (Å²) >= 11 is 19.7. The van der Waals surface area contributed by atoms with Crippen LogP contribution in [0.4, 0.5) is 5.69 Å². The van der Waals surface area contributed by atoms with Gasteiger partial charge in [0.25, 0.3) is 5.91 Å². The van der Waals surface area contributed by atoms with Gasteiger partial charge in [-0.05, 0) is 48.4 Å². The van der Waals surface area contributed by atoms with Crippen molar-refractivity contribution in [3.05, 3.63) is 105 Å². The first kappa shape index (κ1) is 25.3. The first-order valence-electron chi connectivity index (χ1n) is 10.6. The molecule has 0 aliphatic carbocycles. The van der Waals surface area contributed by atoms with Crippen LogP contribution in [0.1, 0.15) is 24.1 Å². The smallest absolute Gasteiger partial charge is 0.283 e. The summed E-state index contributed by atoms with van der Waals surface area (Å²) in [5.74, 6) is -0.495. The van der Waals surface area contributed by atoms with Crippen LogP contribution in [0.3, 0.4) is 0 Å². The number of amidine groups is 1. The topological polar surface area (TPSA) is 61.8 Å². The number of halogens is 3. The summed E-state index contributed by atoms with van der Waals surface area (Å²) in [6.07, 6.45) is 1.66. The third-order valence-electron chi connectivity index (χ3n) is 5.18. The molecular weight excluding hydrogens is 525 g/mol. The first-order chi connectivity index (χ1) is 16.8. The number of nitrogens with zero attached hydrogens (tertiary/aromatic N) is 2. The predicted molar refractivity (Wildman–Crippen MR) is 146 cm³/mol. The molecule has 0 radical (unpaired) electrons. The minimum Gasteiger partial charge on any atom is -0.349 e. The number of nitrogens with one attached hydrogen (secondary N) is 1. The molecule has 1 unspecified atom stereocenters. The number of hydrogen-bond donors (Lipinski definition) is 1. The molecule has 0 aromatic heterocycles. The molecule has 0 spiro atoms. The Hall–Kier alpha value is -2.77. The van der Waals surface area contributed by atoms with E-state index < -0.39 is 0 Å². The fourth-order valence-corrected chi connectivity index (χ4v) is 4.75. The van der Waals surface area contributed by atoms with Gasteiger partial charge in [0.2, 0.25) is 5.91 Å². The van der Waals surface area contributed by atoms with Crippen LogP contribution in [0, 0.1) is 0 Å². The first-order valence-corrected chi connectivity index (χ1v) is 12.8. The highest BCUT2D eigenvalue weighted by Crippen LogP contribution is 2.37. The van der Waals surface area contributed by atoms with Gasteiger partial charge >= 0.3 is 0 Å². The van der Waals surface area contributed by atoms with Crippen molar-refractivity contribution in [3.8, 4) is 0 Å². The van der Waals surface area contributed by atoms with E-state index in [0.29, 0.717) is 20.9 Å². The Kier molecular flexibility index (Phi) is 8.19. The van der Waals surface area contributed by atoms with Gasteiger partial charge in [-0.15, -0.1) is 0 Å². The Morgan fingerprint density at radius 1 is 1.03 bits per heavy atom.